The number of hydrogen-bond donors (Lipinski definition) is 2. The monoisotopic (exact) mass is 251 g/mol. The summed E-state index contributed by atoms with van der Waals surface area (Å²) >= 11 is 0. The third-order valence-corrected chi connectivity index (χ3v) is 3.55. The van der Waals surface area contributed by atoms with Gasteiger partial charge >= 0.3 is 0 Å². The van der Waals surface area contributed by atoms with Crippen molar-refractivity contribution in [3.8, 4) is 0 Å². The molecule has 0 radical (unpaired) electrons. The maximum atomic E-state index is 11.9. The molecule has 4 heteroatoms. The fourth-order valence-corrected chi connectivity index (χ4v) is 2.32. The van der Waals surface area contributed by atoms with E-state index < -0.39 is 6.10 Å². The van der Waals surface area contributed by atoms with E-state index in [1.165, 1.54) is 0 Å². The van der Waals surface area contributed by atoms with Gasteiger partial charge in [-0.3, -0.25) is 4.79 Å². The SMILES string of the molecule is CC(C)C(O)CC(=O)NC1CCCc2occc21. The fraction of sp³-hybridized carbons (Fsp3) is 0.643. The second-order valence-electron chi connectivity index (χ2n) is 5.33. The van der Waals surface area contributed by atoms with Crippen LogP contribution in [-0.2, 0) is 11.2 Å². The number of aliphatic hydroxyl groups excluding tert-OH is 1. The highest BCUT2D eigenvalue weighted by atomic mass is 16.3. The Balaban J connectivity index is 1.93. The van der Waals surface area contributed by atoms with Crippen molar-refractivity contribution >= 4 is 5.91 Å². The Bertz CT molecular complexity index is 411. The van der Waals surface area contributed by atoms with Gasteiger partial charge < -0.3 is 14.8 Å². The number of fused-ring (bicyclic) bond motifs is 1. The van der Waals surface area contributed by atoms with Crippen molar-refractivity contribution in [2.45, 2.75) is 51.7 Å². The van der Waals surface area contributed by atoms with Crippen LogP contribution in [0.3, 0.4) is 0 Å². The lowest BCUT2D eigenvalue weighted by molar-refractivity contribution is -0.124. The van der Waals surface area contributed by atoms with Crippen LogP contribution in [0.5, 0.6) is 0 Å². The zero-order valence-corrected chi connectivity index (χ0v) is 11.0. The predicted octanol–water partition coefficient (Wildman–Crippen LogP) is 2.18. The largest absolute Gasteiger partial charge is 0.469 e. The zero-order valence-electron chi connectivity index (χ0n) is 11.0. The van der Waals surface area contributed by atoms with E-state index >= 15 is 0 Å². The van der Waals surface area contributed by atoms with Crippen LogP contribution in [0.4, 0.5) is 0 Å². The lowest BCUT2D eigenvalue weighted by atomic mass is 9.93. The molecular weight excluding hydrogens is 230 g/mol. The van der Waals surface area contributed by atoms with Crippen LogP contribution in [0.15, 0.2) is 16.7 Å². The highest BCUT2D eigenvalue weighted by molar-refractivity contribution is 5.77. The van der Waals surface area contributed by atoms with E-state index in [1.54, 1.807) is 6.26 Å². The normalized spacial score (nSPS) is 20.6. The number of aryl methyl sites for hydroxylation is 1. The Morgan fingerprint density at radius 2 is 2.39 bits per heavy atom. The van der Waals surface area contributed by atoms with Gasteiger partial charge in [-0.05, 0) is 24.8 Å². The number of hydrogen-bond acceptors (Lipinski definition) is 3. The molecule has 1 amide bonds. The predicted molar refractivity (Wildman–Crippen MR) is 68.0 cm³/mol. The topological polar surface area (TPSA) is 62.5 Å². The molecule has 1 aromatic rings. The summed E-state index contributed by atoms with van der Waals surface area (Å²) in [4.78, 5) is 11.9. The van der Waals surface area contributed by atoms with E-state index in [2.05, 4.69) is 5.32 Å². The number of rotatable bonds is 4. The van der Waals surface area contributed by atoms with Crippen molar-refractivity contribution < 1.29 is 14.3 Å². The smallest absolute Gasteiger partial charge is 0.223 e. The molecule has 2 N–H and O–H groups in total. The van der Waals surface area contributed by atoms with Crippen LogP contribution < -0.4 is 5.32 Å². The maximum absolute atomic E-state index is 11.9. The van der Waals surface area contributed by atoms with E-state index in [4.69, 9.17) is 4.42 Å². The first-order valence-corrected chi connectivity index (χ1v) is 6.61. The van der Waals surface area contributed by atoms with E-state index in [0.29, 0.717) is 0 Å². The second kappa shape index (κ2) is 5.57. The summed E-state index contributed by atoms with van der Waals surface area (Å²) in [7, 11) is 0. The Kier molecular flexibility index (Phi) is 4.07. The van der Waals surface area contributed by atoms with Crippen LogP contribution in [0, 0.1) is 5.92 Å². The molecular formula is C14H21NO3. The molecule has 0 aliphatic heterocycles. The van der Waals surface area contributed by atoms with Crippen molar-refractivity contribution in [1.82, 2.24) is 5.32 Å². The third kappa shape index (κ3) is 2.93. The van der Waals surface area contributed by atoms with E-state index in [1.807, 2.05) is 19.9 Å². The third-order valence-electron chi connectivity index (χ3n) is 3.55. The van der Waals surface area contributed by atoms with Crippen molar-refractivity contribution in [2.75, 3.05) is 0 Å². The molecule has 2 rings (SSSR count). The lowest BCUT2D eigenvalue weighted by Gasteiger charge is -2.23. The highest BCUT2D eigenvalue weighted by Crippen LogP contribution is 2.30. The first-order valence-electron chi connectivity index (χ1n) is 6.61. The Labute approximate surface area is 107 Å². The highest BCUT2D eigenvalue weighted by Gasteiger charge is 2.25. The van der Waals surface area contributed by atoms with Gasteiger partial charge in [0.1, 0.15) is 5.76 Å². The van der Waals surface area contributed by atoms with Gasteiger partial charge in [0, 0.05) is 12.0 Å². The van der Waals surface area contributed by atoms with Crippen molar-refractivity contribution in [3.05, 3.63) is 23.7 Å². The Morgan fingerprint density at radius 1 is 1.61 bits per heavy atom. The van der Waals surface area contributed by atoms with Gasteiger partial charge in [0.05, 0.1) is 24.8 Å². The summed E-state index contributed by atoms with van der Waals surface area (Å²) in [6.07, 6.45) is 4.19. The first-order chi connectivity index (χ1) is 8.58. The number of nitrogens with one attached hydrogen (secondary N) is 1. The quantitative estimate of drug-likeness (QED) is 0.862. The van der Waals surface area contributed by atoms with Gasteiger partial charge in [0.25, 0.3) is 0 Å². The molecule has 4 nitrogen and oxygen atoms in total. The number of amides is 1. The fourth-order valence-electron chi connectivity index (χ4n) is 2.32. The van der Waals surface area contributed by atoms with Crippen LogP contribution in [0.1, 0.15) is 50.5 Å². The Morgan fingerprint density at radius 3 is 3.11 bits per heavy atom. The molecule has 0 bridgehead atoms. The molecule has 2 unspecified atom stereocenters. The van der Waals surface area contributed by atoms with Gasteiger partial charge in [-0.25, -0.2) is 0 Å². The summed E-state index contributed by atoms with van der Waals surface area (Å²) < 4.78 is 5.39. The number of carbonyl (C=O) groups excluding carboxylic acids is 1. The zero-order chi connectivity index (χ0) is 13.1. The lowest BCUT2D eigenvalue weighted by Crippen LogP contribution is -2.33. The van der Waals surface area contributed by atoms with Crippen molar-refractivity contribution in [3.63, 3.8) is 0 Å². The molecule has 0 fully saturated rings. The van der Waals surface area contributed by atoms with Gasteiger partial charge in [-0.15, -0.1) is 0 Å². The van der Waals surface area contributed by atoms with E-state index in [-0.39, 0.29) is 24.3 Å². The molecule has 0 spiro atoms. The summed E-state index contributed by atoms with van der Waals surface area (Å²) in [6.45, 7) is 3.82. The maximum Gasteiger partial charge on any atom is 0.223 e. The second-order valence-corrected chi connectivity index (χ2v) is 5.33. The van der Waals surface area contributed by atoms with Crippen LogP contribution in [0.2, 0.25) is 0 Å². The summed E-state index contributed by atoms with van der Waals surface area (Å²) in [5, 5.41) is 12.7. The minimum Gasteiger partial charge on any atom is -0.469 e. The van der Waals surface area contributed by atoms with Crippen LogP contribution >= 0.6 is 0 Å². The molecule has 1 aliphatic carbocycles. The van der Waals surface area contributed by atoms with E-state index in [9.17, 15) is 9.90 Å². The molecule has 100 valence electrons. The summed E-state index contributed by atoms with van der Waals surface area (Å²) in [5.74, 6) is 0.998. The standard InChI is InChI=1S/C14H21NO3/c1-9(2)12(16)8-14(17)15-11-4-3-5-13-10(11)6-7-18-13/h6-7,9,11-12,16H,3-5,8H2,1-2H3,(H,15,17). The molecule has 1 aliphatic rings. The summed E-state index contributed by atoms with van der Waals surface area (Å²) in [6, 6.07) is 1.97. The molecule has 1 aromatic heterocycles. The van der Waals surface area contributed by atoms with Gasteiger partial charge in [-0.1, -0.05) is 13.8 Å². The molecule has 18 heavy (non-hydrogen) atoms. The Hall–Kier alpha value is -1.29. The molecule has 0 aromatic carbocycles. The van der Waals surface area contributed by atoms with Crippen LogP contribution in [0.25, 0.3) is 0 Å². The van der Waals surface area contributed by atoms with E-state index in [0.717, 1.165) is 30.6 Å². The average Bonchev–Trinajstić information content (AvgIpc) is 2.77. The van der Waals surface area contributed by atoms with Crippen LogP contribution in [-0.4, -0.2) is 17.1 Å². The van der Waals surface area contributed by atoms with Gasteiger partial charge in [-0.2, -0.15) is 0 Å². The summed E-state index contributed by atoms with van der Waals surface area (Å²) in [5.41, 5.74) is 1.09. The molecule has 0 saturated heterocycles. The molecule has 1 heterocycles. The van der Waals surface area contributed by atoms with Crippen molar-refractivity contribution in [1.29, 1.82) is 0 Å². The van der Waals surface area contributed by atoms with Gasteiger partial charge in [0.15, 0.2) is 0 Å². The first kappa shape index (κ1) is 13.1. The minimum absolute atomic E-state index is 0.0411. The van der Waals surface area contributed by atoms with Gasteiger partial charge in [0.2, 0.25) is 5.91 Å². The molecule has 2 atom stereocenters. The van der Waals surface area contributed by atoms with Crippen molar-refractivity contribution in [2.24, 2.45) is 5.92 Å². The average molecular weight is 251 g/mol. The molecule has 0 saturated carbocycles. The number of furan rings is 1. The number of aliphatic hydroxyl groups is 1. The number of carbonyl (C=O) groups is 1. The minimum atomic E-state index is -0.572.